The fourth-order valence-corrected chi connectivity index (χ4v) is 1.80. The van der Waals surface area contributed by atoms with Crippen LogP contribution < -0.4 is 0 Å². The highest BCUT2D eigenvalue weighted by Crippen LogP contribution is 1.96. The van der Waals surface area contributed by atoms with Crippen LogP contribution in [0.2, 0.25) is 0 Å². The maximum Gasteiger partial charge on any atom is 0.335 e. The Balaban J connectivity index is -0.000000158. The van der Waals surface area contributed by atoms with Crippen LogP contribution in [0.3, 0.4) is 0 Å². The highest BCUT2D eigenvalue weighted by molar-refractivity contribution is 5.87. The highest BCUT2D eigenvalue weighted by Gasteiger charge is 2.14. The molecule has 22 heteroatoms. The van der Waals surface area contributed by atoms with Crippen molar-refractivity contribution < 1.29 is 112 Å². The minimum Gasteiger partial charge on any atom is -0.478 e. The van der Waals surface area contributed by atoms with Crippen LogP contribution in [0, 0.1) is 0 Å². The topological polar surface area (TPSA) is 442 Å². The Morgan fingerprint density at radius 3 is 0.571 bits per heavy atom. The maximum absolute atomic E-state index is 10.2. The summed E-state index contributed by atoms with van der Waals surface area (Å²) < 4.78 is 0. The molecule has 22 nitrogen and oxygen atoms in total. The zero-order valence-corrected chi connectivity index (χ0v) is 26.5. The van der Waals surface area contributed by atoms with Gasteiger partial charge in [0.15, 0.2) is 0 Å². The standard InChI is InChI=1S/C7H6O2.5C4H10O4/c8-7(9)6-4-2-1-3-5-6;5*5-1-3(7)4(8)2-6/h1-5H,(H,8,9);5*3-8H,1-2H2/t;5*3-,4+. The second-order valence-corrected chi connectivity index (χ2v) is 9.17. The molecule has 296 valence electrons. The van der Waals surface area contributed by atoms with E-state index in [2.05, 4.69) is 0 Å². The molecule has 10 atom stereocenters. The van der Waals surface area contributed by atoms with Gasteiger partial charge in [-0.2, -0.15) is 0 Å². The number of aliphatic hydroxyl groups excluding tert-OH is 20. The first-order valence-corrected chi connectivity index (χ1v) is 14.1. The minimum atomic E-state index is -1.22. The number of carboxylic acid groups (broad SMARTS) is 1. The fourth-order valence-electron chi connectivity index (χ4n) is 1.80. The second-order valence-electron chi connectivity index (χ2n) is 9.17. The molecular formula is C27H56O22. The minimum absolute atomic E-state index is 0.331. The van der Waals surface area contributed by atoms with E-state index >= 15 is 0 Å². The number of aliphatic hydroxyl groups is 20. The van der Waals surface area contributed by atoms with Gasteiger partial charge < -0.3 is 107 Å². The van der Waals surface area contributed by atoms with E-state index < -0.39 is 133 Å². The lowest BCUT2D eigenvalue weighted by Gasteiger charge is -2.10. The molecule has 0 aliphatic rings. The van der Waals surface area contributed by atoms with E-state index in [0.717, 1.165) is 0 Å². The molecule has 0 heterocycles. The zero-order chi connectivity index (χ0) is 39.5. The highest BCUT2D eigenvalue weighted by atomic mass is 16.4. The average Bonchev–Trinajstić information content (AvgIpc) is 3.15. The Kier molecular flexibility index (Phi) is 44.4. The SMILES string of the molecule is O=C(O)c1ccccc1.OC[C@@H](O)[C@@H](O)CO.OC[C@@H](O)[C@@H](O)CO.OC[C@@H](O)[C@@H](O)CO.OC[C@@H](O)[C@@H](O)CO.OC[C@@H](O)[C@@H](O)CO. The molecule has 0 radical (unpaired) electrons. The van der Waals surface area contributed by atoms with Crippen LogP contribution in [0.5, 0.6) is 0 Å². The van der Waals surface area contributed by atoms with E-state index in [1.165, 1.54) is 0 Å². The Hall–Kier alpha value is -2.11. The Labute approximate surface area is 281 Å². The van der Waals surface area contributed by atoms with Crippen LogP contribution in [-0.2, 0) is 0 Å². The summed E-state index contributed by atoms with van der Waals surface area (Å²) >= 11 is 0. The molecule has 0 bridgehead atoms. The van der Waals surface area contributed by atoms with Gasteiger partial charge in [-0.3, -0.25) is 0 Å². The van der Waals surface area contributed by atoms with Crippen molar-refractivity contribution in [1.29, 1.82) is 0 Å². The summed E-state index contributed by atoms with van der Waals surface area (Å²) in [6, 6.07) is 8.30. The van der Waals surface area contributed by atoms with E-state index in [0.29, 0.717) is 5.56 Å². The van der Waals surface area contributed by atoms with Gasteiger partial charge in [0.1, 0.15) is 61.0 Å². The van der Waals surface area contributed by atoms with Crippen LogP contribution >= 0.6 is 0 Å². The van der Waals surface area contributed by atoms with Gasteiger partial charge >= 0.3 is 5.97 Å². The van der Waals surface area contributed by atoms with E-state index in [4.69, 9.17) is 107 Å². The fraction of sp³-hybridized carbons (Fsp3) is 0.741. The molecule has 49 heavy (non-hydrogen) atoms. The summed E-state index contributed by atoms with van der Waals surface area (Å²) in [7, 11) is 0. The Morgan fingerprint density at radius 1 is 0.347 bits per heavy atom. The molecule has 0 spiro atoms. The summed E-state index contributed by atoms with van der Waals surface area (Å²) in [5.74, 6) is -0.879. The van der Waals surface area contributed by atoms with E-state index in [1.807, 2.05) is 0 Å². The number of aromatic carboxylic acids is 1. The quantitative estimate of drug-likeness (QED) is 0.0750. The second kappa shape index (κ2) is 38.7. The van der Waals surface area contributed by atoms with E-state index in [1.54, 1.807) is 30.3 Å². The van der Waals surface area contributed by atoms with Crippen molar-refractivity contribution in [3.8, 4) is 0 Å². The van der Waals surface area contributed by atoms with Gasteiger partial charge in [-0.1, -0.05) is 18.2 Å². The first-order chi connectivity index (χ1) is 22.9. The first-order valence-electron chi connectivity index (χ1n) is 14.1. The largest absolute Gasteiger partial charge is 0.478 e. The molecule has 0 unspecified atom stereocenters. The molecule has 0 aliphatic carbocycles. The summed E-state index contributed by atoms with van der Waals surface area (Å²) in [6.45, 7) is -5.26. The summed E-state index contributed by atoms with van der Waals surface area (Å²) in [4.78, 5) is 10.2. The lowest BCUT2D eigenvalue weighted by molar-refractivity contribution is -0.0388. The van der Waals surface area contributed by atoms with E-state index in [9.17, 15) is 4.79 Å². The van der Waals surface area contributed by atoms with Crippen LogP contribution in [0.1, 0.15) is 10.4 Å². The molecule has 1 rings (SSSR count). The predicted octanol–water partition coefficient (Wildman–Crippen LogP) is -10.2. The van der Waals surface area contributed by atoms with Gasteiger partial charge in [-0.05, 0) is 12.1 Å². The molecule has 0 saturated carbocycles. The zero-order valence-electron chi connectivity index (χ0n) is 26.5. The van der Waals surface area contributed by atoms with Gasteiger partial charge in [0.05, 0.1) is 71.6 Å². The molecule has 0 aliphatic heterocycles. The van der Waals surface area contributed by atoms with Gasteiger partial charge in [-0.25, -0.2) is 4.79 Å². The van der Waals surface area contributed by atoms with Crippen LogP contribution in [0.4, 0.5) is 0 Å². The van der Waals surface area contributed by atoms with Crippen molar-refractivity contribution >= 4 is 5.97 Å². The monoisotopic (exact) mass is 732 g/mol. The van der Waals surface area contributed by atoms with Crippen LogP contribution in [0.15, 0.2) is 30.3 Å². The van der Waals surface area contributed by atoms with Crippen LogP contribution in [-0.4, -0.2) is 240 Å². The van der Waals surface area contributed by atoms with Gasteiger partial charge in [0.2, 0.25) is 0 Å². The van der Waals surface area contributed by atoms with Crippen molar-refractivity contribution in [3.63, 3.8) is 0 Å². The average molecular weight is 733 g/mol. The van der Waals surface area contributed by atoms with Crippen molar-refractivity contribution in [1.82, 2.24) is 0 Å². The van der Waals surface area contributed by atoms with Crippen molar-refractivity contribution in [2.24, 2.45) is 0 Å². The Bertz CT molecular complexity index is 662. The molecule has 21 N–H and O–H groups in total. The van der Waals surface area contributed by atoms with Crippen molar-refractivity contribution in [2.45, 2.75) is 61.0 Å². The third kappa shape index (κ3) is 35.5. The molecular weight excluding hydrogens is 676 g/mol. The first kappa shape index (κ1) is 56.3. The Morgan fingerprint density at radius 2 is 0.490 bits per heavy atom. The summed E-state index contributed by atoms with van der Waals surface area (Å²) in [6.07, 6.45) is -12.2. The predicted molar refractivity (Wildman–Crippen MR) is 164 cm³/mol. The molecule has 0 amide bonds. The summed E-state index contributed by atoms with van der Waals surface area (Å²) in [5.41, 5.74) is 0.331. The third-order valence-electron chi connectivity index (χ3n) is 5.11. The van der Waals surface area contributed by atoms with Gasteiger partial charge in [-0.15, -0.1) is 0 Å². The molecule has 0 aromatic heterocycles. The molecule has 0 saturated heterocycles. The van der Waals surface area contributed by atoms with Crippen molar-refractivity contribution in [3.05, 3.63) is 35.9 Å². The lowest BCUT2D eigenvalue weighted by Crippen LogP contribution is -2.31. The van der Waals surface area contributed by atoms with Gasteiger partial charge in [0.25, 0.3) is 0 Å². The molecule has 1 aromatic rings. The number of carbonyl (C=O) groups is 1. The number of carboxylic acids is 1. The number of hydrogen-bond acceptors (Lipinski definition) is 21. The number of rotatable bonds is 16. The smallest absolute Gasteiger partial charge is 0.335 e. The number of hydrogen-bond donors (Lipinski definition) is 21. The normalized spacial score (nSPS) is 16.3. The van der Waals surface area contributed by atoms with Crippen LogP contribution in [0.25, 0.3) is 0 Å². The maximum atomic E-state index is 10.2. The van der Waals surface area contributed by atoms with Crippen molar-refractivity contribution in [2.75, 3.05) is 66.1 Å². The molecule has 1 aromatic carbocycles. The lowest BCUT2D eigenvalue weighted by atomic mass is 10.2. The number of benzene rings is 1. The summed E-state index contributed by atoms with van der Waals surface area (Å²) in [5, 5.41) is 174. The van der Waals surface area contributed by atoms with E-state index in [-0.39, 0.29) is 0 Å². The van der Waals surface area contributed by atoms with Gasteiger partial charge in [0, 0.05) is 0 Å². The molecule has 0 fully saturated rings. The third-order valence-corrected chi connectivity index (χ3v) is 5.11.